The Hall–Kier alpha value is -0.810. The summed E-state index contributed by atoms with van der Waals surface area (Å²) in [5.41, 5.74) is 6.64. The molecular formula is C12H19BrN2O2. The Bertz CT molecular complexity index is 475. The van der Waals surface area contributed by atoms with Gasteiger partial charge in [0.15, 0.2) is 0 Å². The molecule has 0 aliphatic carbocycles. The van der Waals surface area contributed by atoms with Crippen molar-refractivity contribution in [3.8, 4) is 0 Å². The molecule has 1 aromatic rings. The average Bonchev–Trinajstić information content (AvgIpc) is 2.21. The van der Waals surface area contributed by atoms with E-state index >= 15 is 0 Å². The number of nitrogens with two attached hydrogens (primary N) is 1. The molecule has 4 nitrogen and oxygen atoms in total. The van der Waals surface area contributed by atoms with Crippen LogP contribution < -0.4 is 11.3 Å². The molecule has 0 saturated heterocycles. The van der Waals surface area contributed by atoms with E-state index < -0.39 is 6.10 Å². The molecule has 1 atom stereocenters. The van der Waals surface area contributed by atoms with Gasteiger partial charge in [-0.1, -0.05) is 20.8 Å². The van der Waals surface area contributed by atoms with Crippen LogP contribution in [-0.4, -0.2) is 15.8 Å². The molecule has 0 aliphatic heterocycles. The summed E-state index contributed by atoms with van der Waals surface area (Å²) in [4.78, 5) is 12.0. The fourth-order valence-electron chi connectivity index (χ4n) is 1.33. The molecule has 1 rings (SSSR count). The Balaban J connectivity index is 3.14. The second-order valence-electron chi connectivity index (χ2n) is 5.36. The number of halogens is 1. The molecule has 1 heterocycles. The number of pyridine rings is 1. The number of aliphatic hydroxyl groups excluding tert-OH is 1. The minimum atomic E-state index is -0.603. The van der Waals surface area contributed by atoms with Crippen molar-refractivity contribution in [2.75, 3.05) is 5.73 Å². The second-order valence-corrected chi connectivity index (χ2v) is 6.16. The molecule has 5 heteroatoms. The maximum atomic E-state index is 12.0. The van der Waals surface area contributed by atoms with E-state index in [9.17, 15) is 9.90 Å². The van der Waals surface area contributed by atoms with E-state index in [0.717, 1.165) is 5.56 Å². The van der Waals surface area contributed by atoms with Gasteiger partial charge in [0.05, 0.1) is 22.8 Å². The monoisotopic (exact) mass is 302 g/mol. The summed E-state index contributed by atoms with van der Waals surface area (Å²) in [5, 5.41) is 10.00. The van der Waals surface area contributed by atoms with Crippen LogP contribution in [-0.2, 0) is 6.54 Å². The maximum absolute atomic E-state index is 12.0. The zero-order chi connectivity index (χ0) is 13.4. The number of nitrogens with zero attached hydrogens (tertiary/aromatic N) is 1. The summed E-state index contributed by atoms with van der Waals surface area (Å²) < 4.78 is 1.90. The summed E-state index contributed by atoms with van der Waals surface area (Å²) in [6.07, 6.45) is 0.978. The topological polar surface area (TPSA) is 68.2 Å². The number of aliphatic hydroxyl groups is 1. The van der Waals surface area contributed by atoms with Gasteiger partial charge in [-0.25, -0.2) is 0 Å². The molecule has 0 radical (unpaired) electrons. The van der Waals surface area contributed by atoms with Gasteiger partial charge in [-0.15, -0.1) is 0 Å². The van der Waals surface area contributed by atoms with E-state index in [2.05, 4.69) is 15.9 Å². The number of nitrogen functional groups attached to an aromatic ring is 1. The highest BCUT2D eigenvalue weighted by atomic mass is 79.9. The van der Waals surface area contributed by atoms with Crippen LogP contribution in [0.3, 0.4) is 0 Å². The van der Waals surface area contributed by atoms with E-state index in [0.29, 0.717) is 10.2 Å². The van der Waals surface area contributed by atoms with Crippen molar-refractivity contribution in [2.24, 2.45) is 5.41 Å². The second kappa shape index (κ2) is 4.82. The molecule has 3 N–H and O–H groups in total. The van der Waals surface area contributed by atoms with E-state index in [4.69, 9.17) is 5.73 Å². The first kappa shape index (κ1) is 14.3. The largest absolute Gasteiger partial charge is 0.397 e. The molecule has 0 saturated carbocycles. The minimum Gasteiger partial charge on any atom is -0.397 e. The molecule has 0 aliphatic rings. The first-order chi connectivity index (χ1) is 7.64. The van der Waals surface area contributed by atoms with Gasteiger partial charge < -0.3 is 15.4 Å². The van der Waals surface area contributed by atoms with Crippen LogP contribution in [0.5, 0.6) is 0 Å². The van der Waals surface area contributed by atoms with Crippen molar-refractivity contribution < 1.29 is 5.11 Å². The number of hydrogen-bond acceptors (Lipinski definition) is 3. The number of aromatic nitrogens is 1. The normalized spacial score (nSPS) is 13.8. The van der Waals surface area contributed by atoms with E-state index in [1.807, 2.05) is 20.8 Å². The molecule has 17 heavy (non-hydrogen) atoms. The summed E-state index contributed by atoms with van der Waals surface area (Å²) in [6.45, 7) is 7.80. The van der Waals surface area contributed by atoms with Crippen molar-refractivity contribution in [3.63, 3.8) is 0 Å². The van der Waals surface area contributed by atoms with Gasteiger partial charge in [-0.2, -0.15) is 0 Å². The Morgan fingerprint density at radius 2 is 2.06 bits per heavy atom. The highest BCUT2D eigenvalue weighted by Crippen LogP contribution is 2.22. The molecular weight excluding hydrogens is 284 g/mol. The first-order valence-electron chi connectivity index (χ1n) is 5.47. The molecule has 0 bridgehead atoms. The number of rotatable bonds is 2. The predicted molar refractivity (Wildman–Crippen MR) is 73.0 cm³/mol. The predicted octanol–water partition coefficient (Wildman–Crippen LogP) is 1.91. The van der Waals surface area contributed by atoms with Crippen molar-refractivity contribution in [1.29, 1.82) is 0 Å². The molecule has 1 unspecified atom stereocenters. The van der Waals surface area contributed by atoms with Crippen LogP contribution in [0.25, 0.3) is 0 Å². The van der Waals surface area contributed by atoms with Crippen LogP contribution in [0, 0.1) is 12.3 Å². The van der Waals surface area contributed by atoms with Crippen molar-refractivity contribution >= 4 is 21.6 Å². The zero-order valence-corrected chi connectivity index (χ0v) is 12.2. The lowest BCUT2D eigenvalue weighted by atomic mass is 9.89. The average molecular weight is 303 g/mol. The van der Waals surface area contributed by atoms with E-state index in [1.165, 1.54) is 4.57 Å². The summed E-state index contributed by atoms with van der Waals surface area (Å²) >= 11 is 3.23. The highest BCUT2D eigenvalue weighted by Gasteiger charge is 2.23. The highest BCUT2D eigenvalue weighted by molar-refractivity contribution is 9.10. The Morgan fingerprint density at radius 3 is 2.53 bits per heavy atom. The molecule has 0 amide bonds. The Morgan fingerprint density at radius 1 is 1.53 bits per heavy atom. The lowest BCUT2D eigenvalue weighted by molar-refractivity contribution is 0.0472. The zero-order valence-electron chi connectivity index (χ0n) is 10.6. The standard InChI is InChI=1S/C12H19BrN2O2/c1-7-8(14)5-15(11(17)10(7)13)6-9(16)12(2,3)4/h5,9,16H,6,14H2,1-4H3. The van der Waals surface area contributed by atoms with Crippen molar-refractivity contribution in [3.05, 3.63) is 26.6 Å². The summed E-state index contributed by atoms with van der Waals surface area (Å²) in [7, 11) is 0. The molecule has 0 fully saturated rings. The van der Waals surface area contributed by atoms with Crippen LogP contribution >= 0.6 is 15.9 Å². The van der Waals surface area contributed by atoms with Crippen LogP contribution in [0.2, 0.25) is 0 Å². The van der Waals surface area contributed by atoms with Gasteiger partial charge >= 0.3 is 0 Å². The summed E-state index contributed by atoms with van der Waals surface area (Å²) in [5.74, 6) is 0. The maximum Gasteiger partial charge on any atom is 0.265 e. The van der Waals surface area contributed by atoms with Crippen molar-refractivity contribution in [1.82, 2.24) is 4.57 Å². The first-order valence-corrected chi connectivity index (χ1v) is 6.27. The quantitative estimate of drug-likeness (QED) is 0.877. The SMILES string of the molecule is Cc1c(N)cn(CC(O)C(C)(C)C)c(=O)c1Br. The van der Waals surface area contributed by atoms with Gasteiger partial charge in [0, 0.05) is 6.20 Å². The Labute approximate surface area is 110 Å². The smallest absolute Gasteiger partial charge is 0.265 e. The van der Waals surface area contributed by atoms with Gasteiger partial charge in [0.25, 0.3) is 5.56 Å². The van der Waals surface area contributed by atoms with Gasteiger partial charge in [0.2, 0.25) is 0 Å². The Kier molecular flexibility index (Phi) is 4.04. The lowest BCUT2D eigenvalue weighted by Crippen LogP contribution is -2.35. The van der Waals surface area contributed by atoms with E-state index in [-0.39, 0.29) is 17.5 Å². The summed E-state index contributed by atoms with van der Waals surface area (Å²) in [6, 6.07) is 0. The van der Waals surface area contributed by atoms with Gasteiger partial charge in [-0.05, 0) is 33.8 Å². The third kappa shape index (κ3) is 3.10. The van der Waals surface area contributed by atoms with Crippen LogP contribution in [0.4, 0.5) is 5.69 Å². The fraction of sp³-hybridized carbons (Fsp3) is 0.583. The molecule has 0 aromatic carbocycles. The number of hydrogen-bond donors (Lipinski definition) is 2. The van der Waals surface area contributed by atoms with Gasteiger partial charge in [-0.3, -0.25) is 4.79 Å². The van der Waals surface area contributed by atoms with Crippen molar-refractivity contribution in [2.45, 2.75) is 40.3 Å². The fourth-order valence-corrected chi connectivity index (χ4v) is 1.79. The van der Waals surface area contributed by atoms with E-state index in [1.54, 1.807) is 13.1 Å². The number of anilines is 1. The lowest BCUT2D eigenvalue weighted by Gasteiger charge is -2.26. The minimum absolute atomic E-state index is 0.167. The van der Waals surface area contributed by atoms with Crippen LogP contribution in [0.1, 0.15) is 26.3 Å². The third-order valence-corrected chi connectivity index (χ3v) is 3.81. The van der Waals surface area contributed by atoms with Crippen LogP contribution in [0.15, 0.2) is 15.5 Å². The molecule has 1 aromatic heterocycles. The molecule has 96 valence electrons. The molecule has 0 spiro atoms. The van der Waals surface area contributed by atoms with Gasteiger partial charge in [0.1, 0.15) is 0 Å². The third-order valence-electron chi connectivity index (χ3n) is 2.88.